The Hall–Kier alpha value is 1.09. The van der Waals surface area contributed by atoms with Crippen molar-refractivity contribution >= 4 is 33.3 Å². The van der Waals surface area contributed by atoms with Gasteiger partial charge in [0.2, 0.25) is 0 Å². The summed E-state index contributed by atoms with van der Waals surface area (Å²) in [7, 11) is 0. The summed E-state index contributed by atoms with van der Waals surface area (Å²) in [5, 5.41) is 15.8. The van der Waals surface area contributed by atoms with Gasteiger partial charge >= 0.3 is 33.3 Å². The normalized spacial score (nSPS) is 10.2. The number of aliphatic hydroxyl groups excluding tert-OH is 1. The maximum absolute atomic E-state index is 9.45. The van der Waals surface area contributed by atoms with Crippen molar-refractivity contribution in [1.29, 1.82) is 0 Å². The molecule has 0 aromatic heterocycles. The van der Waals surface area contributed by atoms with Crippen molar-refractivity contribution in [2.75, 3.05) is 0 Å². The summed E-state index contributed by atoms with van der Waals surface area (Å²) in [5.41, 5.74) is 0. The molecular formula is C3H8AuO3Pb. The van der Waals surface area contributed by atoms with Crippen LogP contribution in [0.1, 0.15) is 6.92 Å². The third-order valence-corrected chi connectivity index (χ3v) is 0.357. The van der Waals surface area contributed by atoms with Gasteiger partial charge in [0.05, 0.1) is 0 Å². The molecule has 0 bridgehead atoms. The standard InChI is InChI=1S/C3H6O3.Au.Pb.2H/c1-2(4)3(5)6;;;;/h2,4H,1H3,(H,5,6);;;;. The van der Waals surface area contributed by atoms with E-state index in [-0.39, 0.29) is 49.7 Å². The first kappa shape index (κ1) is 16.0. The molecule has 0 aliphatic rings. The number of aliphatic carboxylic acids is 1. The predicted molar refractivity (Wildman–Crippen MR) is 27.9 cm³/mol. The van der Waals surface area contributed by atoms with E-state index >= 15 is 0 Å². The number of hydrogen-bond donors (Lipinski definition) is 2. The van der Waals surface area contributed by atoms with Gasteiger partial charge in [0.15, 0.2) is 0 Å². The summed E-state index contributed by atoms with van der Waals surface area (Å²) in [6, 6.07) is 0. The Labute approximate surface area is 83.1 Å². The Balaban J connectivity index is -0.000000125. The van der Waals surface area contributed by atoms with Gasteiger partial charge in [0.1, 0.15) is 6.10 Å². The number of carboxylic acid groups (broad SMARTS) is 1. The molecule has 0 spiro atoms. The van der Waals surface area contributed by atoms with E-state index in [0.29, 0.717) is 0 Å². The van der Waals surface area contributed by atoms with Crippen molar-refractivity contribution in [2.24, 2.45) is 0 Å². The van der Waals surface area contributed by atoms with Crippen LogP contribution in [0.4, 0.5) is 0 Å². The second-order valence-corrected chi connectivity index (χ2v) is 1.01. The van der Waals surface area contributed by atoms with Crippen LogP contribution in [-0.4, -0.2) is 49.6 Å². The summed E-state index contributed by atoms with van der Waals surface area (Å²) in [6.07, 6.45) is -1.23. The summed E-state index contributed by atoms with van der Waals surface area (Å²) >= 11 is 0. The molecule has 1 atom stereocenters. The van der Waals surface area contributed by atoms with E-state index in [4.69, 9.17) is 10.2 Å². The van der Waals surface area contributed by atoms with E-state index in [1.807, 2.05) is 0 Å². The fourth-order valence-electron chi connectivity index (χ4n) is 0. The van der Waals surface area contributed by atoms with Gasteiger partial charge in [-0.25, -0.2) is 4.79 Å². The Morgan fingerprint density at radius 1 is 1.62 bits per heavy atom. The van der Waals surface area contributed by atoms with Crippen LogP contribution in [0, 0.1) is 0 Å². The van der Waals surface area contributed by atoms with Gasteiger partial charge in [-0.3, -0.25) is 0 Å². The van der Waals surface area contributed by atoms with Crippen LogP contribution in [0.25, 0.3) is 0 Å². The molecule has 0 aliphatic heterocycles. The van der Waals surface area contributed by atoms with Gasteiger partial charge in [0, 0.05) is 22.4 Å². The SMILES string of the molecule is CC(O)C(=O)O.[Au].[PbH2]. The quantitative estimate of drug-likeness (QED) is 0.437. The minimum absolute atomic E-state index is 0. The van der Waals surface area contributed by atoms with E-state index in [1.54, 1.807) is 0 Å². The predicted octanol–water partition coefficient (Wildman–Crippen LogP) is -1.47. The van der Waals surface area contributed by atoms with E-state index < -0.39 is 12.1 Å². The number of rotatable bonds is 1. The molecule has 0 aromatic carbocycles. The van der Waals surface area contributed by atoms with Crippen LogP contribution < -0.4 is 0 Å². The van der Waals surface area contributed by atoms with Gasteiger partial charge in [0.25, 0.3) is 0 Å². The summed E-state index contributed by atoms with van der Waals surface area (Å²) in [5.74, 6) is -1.19. The van der Waals surface area contributed by atoms with Crippen molar-refractivity contribution in [3.63, 3.8) is 0 Å². The molecule has 0 heterocycles. The summed E-state index contributed by atoms with van der Waals surface area (Å²) in [6.45, 7) is 1.20. The molecule has 5 heteroatoms. The molecule has 1 unspecified atom stereocenters. The molecule has 3 radical (unpaired) electrons. The first-order chi connectivity index (χ1) is 2.64. The van der Waals surface area contributed by atoms with Gasteiger partial charge in [-0.05, 0) is 6.92 Å². The first-order valence-electron chi connectivity index (χ1n) is 1.55. The zero-order valence-corrected chi connectivity index (χ0v) is 12.1. The van der Waals surface area contributed by atoms with E-state index in [2.05, 4.69) is 0 Å². The molecule has 0 aliphatic carbocycles. The monoisotopic (exact) mass is 497 g/mol. The molecule has 3 nitrogen and oxygen atoms in total. The molecule has 0 rings (SSSR count). The molecule has 0 amide bonds. The molecule has 2 N–H and O–H groups in total. The molecule has 53 valence electrons. The third-order valence-electron chi connectivity index (χ3n) is 0.357. The second-order valence-electron chi connectivity index (χ2n) is 1.01. The molecular weight excluding hydrogens is 488 g/mol. The van der Waals surface area contributed by atoms with E-state index in [9.17, 15) is 4.79 Å². The van der Waals surface area contributed by atoms with E-state index in [1.165, 1.54) is 6.92 Å². The zero-order valence-electron chi connectivity index (χ0n) is 4.39. The zero-order chi connectivity index (χ0) is 5.15. The van der Waals surface area contributed by atoms with Crippen LogP contribution in [-0.2, 0) is 27.2 Å². The van der Waals surface area contributed by atoms with E-state index in [0.717, 1.165) is 0 Å². The Bertz CT molecular complexity index is 65.5. The first-order valence-corrected chi connectivity index (χ1v) is 1.55. The second kappa shape index (κ2) is 8.09. The molecule has 0 saturated heterocycles. The van der Waals surface area contributed by atoms with Gasteiger partial charge < -0.3 is 10.2 Å². The summed E-state index contributed by atoms with van der Waals surface area (Å²) in [4.78, 5) is 9.45. The Morgan fingerprint density at radius 2 is 1.75 bits per heavy atom. The van der Waals surface area contributed by atoms with Crippen LogP contribution in [0.2, 0.25) is 0 Å². The van der Waals surface area contributed by atoms with Gasteiger partial charge in [-0.15, -0.1) is 0 Å². The van der Waals surface area contributed by atoms with Gasteiger partial charge in [-0.1, -0.05) is 0 Å². The average molecular weight is 496 g/mol. The van der Waals surface area contributed by atoms with Crippen molar-refractivity contribution in [3.05, 3.63) is 0 Å². The molecule has 0 fully saturated rings. The molecule has 0 saturated carbocycles. The van der Waals surface area contributed by atoms with Crippen LogP contribution in [0.5, 0.6) is 0 Å². The van der Waals surface area contributed by atoms with Crippen molar-refractivity contribution in [1.82, 2.24) is 0 Å². The number of carboxylic acids is 1. The Morgan fingerprint density at radius 3 is 1.75 bits per heavy atom. The molecule has 0 aromatic rings. The van der Waals surface area contributed by atoms with Crippen LogP contribution in [0.3, 0.4) is 0 Å². The minimum atomic E-state index is -1.23. The van der Waals surface area contributed by atoms with Gasteiger partial charge in [-0.2, -0.15) is 0 Å². The van der Waals surface area contributed by atoms with Crippen molar-refractivity contribution in [3.8, 4) is 0 Å². The maximum atomic E-state index is 9.45. The van der Waals surface area contributed by atoms with Crippen molar-refractivity contribution in [2.45, 2.75) is 13.0 Å². The van der Waals surface area contributed by atoms with Crippen LogP contribution >= 0.6 is 0 Å². The third kappa shape index (κ3) is 10.2. The topological polar surface area (TPSA) is 57.5 Å². The number of aliphatic hydroxyl groups is 1. The number of carbonyl (C=O) groups is 1. The molecule has 8 heavy (non-hydrogen) atoms. The fraction of sp³-hybridized carbons (Fsp3) is 0.667. The Kier molecular flexibility index (Phi) is 16.2. The number of hydrogen-bond acceptors (Lipinski definition) is 2. The van der Waals surface area contributed by atoms with Crippen LogP contribution in [0.15, 0.2) is 0 Å². The average Bonchev–Trinajstić information content (AvgIpc) is 1.36. The summed E-state index contributed by atoms with van der Waals surface area (Å²) < 4.78 is 0. The van der Waals surface area contributed by atoms with Crippen molar-refractivity contribution < 1.29 is 37.4 Å². The fourth-order valence-corrected chi connectivity index (χ4v) is 0.